The van der Waals surface area contributed by atoms with E-state index in [1.165, 1.54) is 0 Å². The maximum atomic E-state index is 4.54. The van der Waals surface area contributed by atoms with E-state index in [1.807, 2.05) is 18.3 Å². The van der Waals surface area contributed by atoms with Crippen LogP contribution in [-0.2, 0) is 0 Å². The third-order valence-corrected chi connectivity index (χ3v) is 3.14. The standard InChI is InChI=1S/C12H15N5/c1-2-11(8-14-5-1)17-15-9-12(16-17)10-3-6-13-7-4-10/h1-2,5,8-10,13H,3-4,6-7H2. The van der Waals surface area contributed by atoms with Gasteiger partial charge in [0.2, 0.25) is 0 Å². The normalized spacial score (nSPS) is 17.2. The molecule has 1 aliphatic rings. The molecule has 0 atom stereocenters. The number of nitrogens with zero attached hydrogens (tertiary/aromatic N) is 4. The fourth-order valence-electron chi connectivity index (χ4n) is 2.18. The molecule has 1 N–H and O–H groups in total. The van der Waals surface area contributed by atoms with E-state index >= 15 is 0 Å². The van der Waals surface area contributed by atoms with Crippen molar-refractivity contribution in [1.29, 1.82) is 0 Å². The lowest BCUT2D eigenvalue weighted by Gasteiger charge is -2.20. The van der Waals surface area contributed by atoms with Gasteiger partial charge in [-0.25, -0.2) is 0 Å². The van der Waals surface area contributed by atoms with E-state index in [9.17, 15) is 0 Å². The van der Waals surface area contributed by atoms with Crippen LogP contribution in [0.5, 0.6) is 0 Å². The van der Waals surface area contributed by atoms with Gasteiger partial charge in [0.05, 0.1) is 18.1 Å². The van der Waals surface area contributed by atoms with Gasteiger partial charge in [0.1, 0.15) is 5.69 Å². The summed E-state index contributed by atoms with van der Waals surface area (Å²) in [5.41, 5.74) is 2.00. The first-order valence-electron chi connectivity index (χ1n) is 5.97. The summed E-state index contributed by atoms with van der Waals surface area (Å²) in [6.45, 7) is 2.15. The molecule has 0 amide bonds. The molecule has 2 aromatic rings. The third kappa shape index (κ3) is 2.19. The minimum absolute atomic E-state index is 0.543. The molecule has 0 unspecified atom stereocenters. The Morgan fingerprint density at radius 1 is 1.24 bits per heavy atom. The van der Waals surface area contributed by atoms with Gasteiger partial charge >= 0.3 is 0 Å². The molecule has 3 heterocycles. The van der Waals surface area contributed by atoms with Crippen LogP contribution >= 0.6 is 0 Å². The lowest BCUT2D eigenvalue weighted by atomic mass is 9.95. The van der Waals surface area contributed by atoms with E-state index in [0.717, 1.165) is 37.3 Å². The molecule has 0 bridgehead atoms. The highest BCUT2D eigenvalue weighted by Crippen LogP contribution is 2.22. The summed E-state index contributed by atoms with van der Waals surface area (Å²) in [6, 6.07) is 3.85. The molecular formula is C12H15N5. The Hall–Kier alpha value is -1.75. The molecule has 5 heteroatoms. The van der Waals surface area contributed by atoms with Crippen molar-refractivity contribution in [2.45, 2.75) is 18.8 Å². The Kier molecular flexibility index (Phi) is 2.83. The van der Waals surface area contributed by atoms with Crippen LogP contribution in [0, 0.1) is 0 Å². The molecule has 1 fully saturated rings. The van der Waals surface area contributed by atoms with Gasteiger partial charge in [-0.05, 0) is 38.1 Å². The summed E-state index contributed by atoms with van der Waals surface area (Å²) >= 11 is 0. The van der Waals surface area contributed by atoms with E-state index in [2.05, 4.69) is 20.5 Å². The summed E-state index contributed by atoms with van der Waals surface area (Å²) in [6.07, 6.45) is 7.69. The van der Waals surface area contributed by atoms with Crippen molar-refractivity contribution in [3.8, 4) is 5.69 Å². The minimum atomic E-state index is 0.543. The number of hydrogen-bond acceptors (Lipinski definition) is 4. The zero-order valence-electron chi connectivity index (χ0n) is 9.58. The first kappa shape index (κ1) is 10.4. The van der Waals surface area contributed by atoms with E-state index < -0.39 is 0 Å². The molecule has 2 aromatic heterocycles. The predicted molar refractivity (Wildman–Crippen MR) is 64.0 cm³/mol. The summed E-state index contributed by atoms with van der Waals surface area (Å²) < 4.78 is 0. The molecule has 1 saturated heterocycles. The predicted octanol–water partition coefficient (Wildman–Crippen LogP) is 1.13. The SMILES string of the molecule is c1cncc(-n2ncc(C3CCNCC3)n2)c1. The van der Waals surface area contributed by atoms with Crippen LogP contribution in [0.3, 0.4) is 0 Å². The Morgan fingerprint density at radius 2 is 2.12 bits per heavy atom. The van der Waals surface area contributed by atoms with Gasteiger partial charge in [-0.2, -0.15) is 10.2 Å². The number of pyridine rings is 1. The number of nitrogens with one attached hydrogen (secondary N) is 1. The highest BCUT2D eigenvalue weighted by Gasteiger charge is 2.18. The van der Waals surface area contributed by atoms with Crippen LogP contribution in [0.4, 0.5) is 0 Å². The Labute approximate surface area is 99.9 Å². The highest BCUT2D eigenvalue weighted by atomic mass is 15.5. The third-order valence-electron chi connectivity index (χ3n) is 3.14. The van der Waals surface area contributed by atoms with Crippen molar-refractivity contribution < 1.29 is 0 Å². The Morgan fingerprint density at radius 3 is 2.88 bits per heavy atom. The van der Waals surface area contributed by atoms with Gasteiger partial charge in [-0.3, -0.25) is 4.98 Å². The summed E-state index contributed by atoms with van der Waals surface area (Å²) in [7, 11) is 0. The maximum absolute atomic E-state index is 4.54. The zero-order valence-corrected chi connectivity index (χ0v) is 9.58. The molecule has 0 aliphatic carbocycles. The van der Waals surface area contributed by atoms with E-state index in [1.54, 1.807) is 17.2 Å². The first-order valence-corrected chi connectivity index (χ1v) is 5.97. The van der Waals surface area contributed by atoms with Crippen molar-refractivity contribution in [1.82, 2.24) is 25.3 Å². The molecule has 3 rings (SSSR count). The summed E-state index contributed by atoms with van der Waals surface area (Å²) in [4.78, 5) is 5.73. The molecule has 5 nitrogen and oxygen atoms in total. The van der Waals surface area contributed by atoms with Crippen LogP contribution in [0.1, 0.15) is 24.5 Å². The van der Waals surface area contributed by atoms with Gasteiger partial charge in [-0.1, -0.05) is 0 Å². The fraction of sp³-hybridized carbons (Fsp3) is 0.417. The van der Waals surface area contributed by atoms with E-state index in [-0.39, 0.29) is 0 Å². The van der Waals surface area contributed by atoms with Crippen LogP contribution in [0.2, 0.25) is 0 Å². The number of piperidine rings is 1. The number of aromatic nitrogens is 4. The average molecular weight is 229 g/mol. The quantitative estimate of drug-likeness (QED) is 0.838. The van der Waals surface area contributed by atoms with Crippen molar-refractivity contribution in [3.63, 3.8) is 0 Å². The lowest BCUT2D eigenvalue weighted by molar-refractivity contribution is 0.451. The summed E-state index contributed by atoms with van der Waals surface area (Å²) in [5, 5.41) is 12.2. The van der Waals surface area contributed by atoms with Gasteiger partial charge in [0, 0.05) is 12.1 Å². The molecule has 0 saturated carbocycles. The molecule has 0 aromatic carbocycles. The topological polar surface area (TPSA) is 55.6 Å². The van der Waals surface area contributed by atoms with E-state index in [0.29, 0.717) is 5.92 Å². The second kappa shape index (κ2) is 4.63. The second-order valence-corrected chi connectivity index (χ2v) is 4.29. The van der Waals surface area contributed by atoms with Crippen molar-refractivity contribution in [2.75, 3.05) is 13.1 Å². The zero-order chi connectivity index (χ0) is 11.5. The second-order valence-electron chi connectivity index (χ2n) is 4.29. The number of rotatable bonds is 2. The smallest absolute Gasteiger partial charge is 0.104 e. The van der Waals surface area contributed by atoms with Gasteiger partial charge in [0.15, 0.2) is 0 Å². The molecule has 88 valence electrons. The van der Waals surface area contributed by atoms with Crippen molar-refractivity contribution in [2.24, 2.45) is 0 Å². The Balaban J connectivity index is 1.83. The van der Waals surface area contributed by atoms with Crippen LogP contribution < -0.4 is 5.32 Å². The fourth-order valence-corrected chi connectivity index (χ4v) is 2.18. The maximum Gasteiger partial charge on any atom is 0.104 e. The van der Waals surface area contributed by atoms with Crippen molar-refractivity contribution in [3.05, 3.63) is 36.4 Å². The first-order chi connectivity index (χ1) is 8.43. The Bertz CT molecular complexity index is 473. The summed E-state index contributed by atoms with van der Waals surface area (Å²) in [5.74, 6) is 0.543. The molecule has 17 heavy (non-hydrogen) atoms. The molecule has 0 radical (unpaired) electrons. The molecule has 0 spiro atoms. The average Bonchev–Trinajstić information content (AvgIpc) is 2.90. The van der Waals surface area contributed by atoms with Gasteiger partial charge < -0.3 is 5.32 Å². The van der Waals surface area contributed by atoms with Gasteiger partial charge in [0.25, 0.3) is 0 Å². The monoisotopic (exact) mass is 229 g/mol. The molecular weight excluding hydrogens is 214 g/mol. The van der Waals surface area contributed by atoms with Gasteiger partial charge in [-0.15, -0.1) is 4.80 Å². The number of hydrogen-bond donors (Lipinski definition) is 1. The minimum Gasteiger partial charge on any atom is -0.317 e. The highest BCUT2D eigenvalue weighted by molar-refractivity contribution is 5.24. The van der Waals surface area contributed by atoms with E-state index in [4.69, 9.17) is 0 Å². The lowest BCUT2D eigenvalue weighted by Crippen LogP contribution is -2.26. The van der Waals surface area contributed by atoms with Crippen LogP contribution in [0.25, 0.3) is 5.69 Å². The van der Waals surface area contributed by atoms with Crippen molar-refractivity contribution >= 4 is 0 Å². The molecule has 1 aliphatic heterocycles. The van der Waals surface area contributed by atoms with Crippen LogP contribution in [0.15, 0.2) is 30.7 Å². The largest absolute Gasteiger partial charge is 0.317 e. The van der Waals surface area contributed by atoms with Crippen LogP contribution in [-0.4, -0.2) is 33.1 Å².